The fourth-order valence-electron chi connectivity index (χ4n) is 5.40. The molecule has 1 aromatic heterocycles. The minimum absolute atomic E-state index is 0.151. The molecule has 1 saturated carbocycles. The third-order valence-electron chi connectivity index (χ3n) is 7.67. The zero-order valence-corrected chi connectivity index (χ0v) is 22.4. The number of carbonyl (C=O) groups is 1. The molecule has 37 heavy (non-hydrogen) atoms. The van der Waals surface area contributed by atoms with E-state index < -0.39 is 0 Å². The first-order valence-corrected chi connectivity index (χ1v) is 13.8. The maximum absolute atomic E-state index is 13.0. The zero-order chi connectivity index (χ0) is 25.8. The van der Waals surface area contributed by atoms with Gasteiger partial charge in [0.1, 0.15) is 0 Å². The first-order chi connectivity index (χ1) is 18.0. The van der Waals surface area contributed by atoms with Crippen molar-refractivity contribution >= 4 is 45.6 Å². The average Bonchev–Trinajstić information content (AvgIpc) is 3.29. The van der Waals surface area contributed by atoms with Crippen LogP contribution < -0.4 is 10.6 Å². The van der Waals surface area contributed by atoms with Crippen molar-refractivity contribution < 1.29 is 4.79 Å². The van der Waals surface area contributed by atoms with Crippen LogP contribution in [0.3, 0.4) is 0 Å². The van der Waals surface area contributed by atoms with Gasteiger partial charge >= 0.3 is 0 Å². The van der Waals surface area contributed by atoms with E-state index in [0.29, 0.717) is 17.3 Å². The molecule has 192 valence electrons. The minimum Gasteiger partial charge on any atom is -0.355 e. The van der Waals surface area contributed by atoms with Crippen LogP contribution in [0.15, 0.2) is 60.7 Å². The lowest BCUT2D eigenvalue weighted by Gasteiger charge is -2.23. The zero-order valence-electron chi connectivity index (χ0n) is 21.6. The van der Waals surface area contributed by atoms with Gasteiger partial charge in [-0.2, -0.15) is 5.10 Å². The highest BCUT2D eigenvalue weighted by atomic mass is 35.5. The van der Waals surface area contributed by atoms with E-state index in [0.717, 1.165) is 45.2 Å². The number of amides is 1. The van der Waals surface area contributed by atoms with Crippen molar-refractivity contribution in [2.45, 2.75) is 64.7 Å². The SMILES string of the molecule is CCc1cc(Cl)ccc1Nc1ccc2c(NC(=O)c3ccc(C4CCCCC(C)CC4)cc3)n[nH]c2c1. The van der Waals surface area contributed by atoms with Crippen LogP contribution in [0.4, 0.5) is 17.2 Å². The number of rotatable bonds is 6. The molecule has 5 nitrogen and oxygen atoms in total. The van der Waals surface area contributed by atoms with Crippen molar-refractivity contribution in [2.24, 2.45) is 5.92 Å². The van der Waals surface area contributed by atoms with Gasteiger partial charge in [0, 0.05) is 27.3 Å². The number of carbonyl (C=O) groups excluding carboxylic acids is 1. The summed E-state index contributed by atoms with van der Waals surface area (Å²) in [4.78, 5) is 13.0. The van der Waals surface area contributed by atoms with Crippen LogP contribution in [0.2, 0.25) is 5.02 Å². The molecule has 0 aliphatic heterocycles. The van der Waals surface area contributed by atoms with Gasteiger partial charge < -0.3 is 10.6 Å². The van der Waals surface area contributed by atoms with Crippen LogP contribution in [-0.2, 0) is 6.42 Å². The van der Waals surface area contributed by atoms with E-state index in [2.05, 4.69) is 46.8 Å². The maximum Gasteiger partial charge on any atom is 0.256 e. The van der Waals surface area contributed by atoms with Crippen LogP contribution in [0.1, 0.15) is 79.8 Å². The molecular weight excluding hydrogens is 480 g/mol. The van der Waals surface area contributed by atoms with Gasteiger partial charge in [0.05, 0.1) is 5.52 Å². The van der Waals surface area contributed by atoms with Crippen molar-refractivity contribution in [1.82, 2.24) is 10.2 Å². The summed E-state index contributed by atoms with van der Waals surface area (Å²) in [6.07, 6.45) is 8.62. The molecule has 1 fully saturated rings. The molecule has 1 amide bonds. The van der Waals surface area contributed by atoms with E-state index in [9.17, 15) is 4.79 Å². The Bertz CT molecular complexity index is 1380. The molecule has 3 aromatic carbocycles. The summed E-state index contributed by atoms with van der Waals surface area (Å²) in [6, 6.07) is 20.0. The Hall–Kier alpha value is -3.31. The Morgan fingerprint density at radius 1 is 1.00 bits per heavy atom. The van der Waals surface area contributed by atoms with Gasteiger partial charge in [-0.25, -0.2) is 0 Å². The van der Waals surface area contributed by atoms with Crippen molar-refractivity contribution in [3.8, 4) is 0 Å². The number of aromatic nitrogens is 2. The Morgan fingerprint density at radius 3 is 2.62 bits per heavy atom. The molecule has 2 atom stereocenters. The number of anilines is 3. The number of benzene rings is 3. The third kappa shape index (κ3) is 5.99. The second kappa shape index (κ2) is 11.4. The van der Waals surface area contributed by atoms with Crippen LogP contribution in [0.25, 0.3) is 10.9 Å². The molecule has 0 radical (unpaired) electrons. The molecule has 0 spiro atoms. The molecule has 4 aromatic rings. The number of aromatic amines is 1. The molecule has 1 aliphatic carbocycles. The van der Waals surface area contributed by atoms with Crippen LogP contribution >= 0.6 is 11.6 Å². The first-order valence-electron chi connectivity index (χ1n) is 13.4. The largest absolute Gasteiger partial charge is 0.355 e. The summed E-state index contributed by atoms with van der Waals surface area (Å²) in [7, 11) is 0. The van der Waals surface area contributed by atoms with Gasteiger partial charge in [0.2, 0.25) is 0 Å². The molecule has 1 heterocycles. The van der Waals surface area contributed by atoms with Gasteiger partial charge in [-0.1, -0.05) is 63.3 Å². The summed E-state index contributed by atoms with van der Waals surface area (Å²) in [5.41, 5.74) is 5.96. The topological polar surface area (TPSA) is 69.8 Å². The Morgan fingerprint density at radius 2 is 1.81 bits per heavy atom. The van der Waals surface area contributed by atoms with Gasteiger partial charge in [-0.05, 0) is 90.8 Å². The quantitative estimate of drug-likeness (QED) is 0.240. The van der Waals surface area contributed by atoms with E-state index in [1.165, 1.54) is 44.1 Å². The van der Waals surface area contributed by atoms with Gasteiger partial charge in [0.25, 0.3) is 5.91 Å². The molecule has 0 bridgehead atoms. The predicted molar refractivity (Wildman–Crippen MR) is 154 cm³/mol. The number of fused-ring (bicyclic) bond motifs is 1. The van der Waals surface area contributed by atoms with E-state index in [1.807, 2.05) is 48.5 Å². The molecular formula is C31H35ClN4O. The molecule has 0 saturated heterocycles. The third-order valence-corrected chi connectivity index (χ3v) is 7.91. The lowest BCUT2D eigenvalue weighted by molar-refractivity contribution is 0.102. The average molecular weight is 515 g/mol. The Balaban J connectivity index is 1.27. The fourth-order valence-corrected chi connectivity index (χ4v) is 5.60. The molecule has 6 heteroatoms. The smallest absolute Gasteiger partial charge is 0.256 e. The van der Waals surface area contributed by atoms with Crippen molar-refractivity contribution in [3.63, 3.8) is 0 Å². The van der Waals surface area contributed by atoms with Gasteiger partial charge in [-0.3, -0.25) is 9.89 Å². The van der Waals surface area contributed by atoms with Crippen LogP contribution in [0.5, 0.6) is 0 Å². The van der Waals surface area contributed by atoms with Gasteiger partial charge in [-0.15, -0.1) is 0 Å². The number of nitrogens with zero attached hydrogens (tertiary/aromatic N) is 1. The summed E-state index contributed by atoms with van der Waals surface area (Å²) < 4.78 is 0. The second-order valence-corrected chi connectivity index (χ2v) is 10.8. The summed E-state index contributed by atoms with van der Waals surface area (Å²) in [5, 5.41) is 15.5. The number of hydrogen-bond donors (Lipinski definition) is 3. The van der Waals surface area contributed by atoms with E-state index in [1.54, 1.807) is 0 Å². The molecule has 2 unspecified atom stereocenters. The molecule has 5 rings (SSSR count). The number of aryl methyl sites for hydroxylation is 1. The highest BCUT2D eigenvalue weighted by Gasteiger charge is 2.18. The first kappa shape index (κ1) is 25.3. The number of hydrogen-bond acceptors (Lipinski definition) is 3. The van der Waals surface area contributed by atoms with Crippen LogP contribution in [-0.4, -0.2) is 16.1 Å². The second-order valence-electron chi connectivity index (χ2n) is 10.4. The highest BCUT2D eigenvalue weighted by molar-refractivity contribution is 6.30. The van der Waals surface area contributed by atoms with E-state index in [-0.39, 0.29) is 5.91 Å². The monoisotopic (exact) mass is 514 g/mol. The number of H-pyrrole nitrogens is 1. The molecule has 3 N–H and O–H groups in total. The summed E-state index contributed by atoms with van der Waals surface area (Å²) >= 11 is 6.15. The normalized spacial score (nSPS) is 18.2. The number of halogens is 1. The fraction of sp³-hybridized carbons (Fsp3) is 0.355. The Kier molecular flexibility index (Phi) is 7.80. The summed E-state index contributed by atoms with van der Waals surface area (Å²) in [5.74, 6) is 1.79. The van der Waals surface area contributed by atoms with Crippen molar-refractivity contribution in [2.75, 3.05) is 10.6 Å². The molecule has 1 aliphatic rings. The summed E-state index contributed by atoms with van der Waals surface area (Å²) in [6.45, 7) is 4.48. The van der Waals surface area contributed by atoms with Gasteiger partial charge in [0.15, 0.2) is 5.82 Å². The Labute approximate surface area is 224 Å². The predicted octanol–water partition coefficient (Wildman–Crippen LogP) is 8.85. The lowest BCUT2D eigenvalue weighted by atomic mass is 9.82. The highest BCUT2D eigenvalue weighted by Crippen LogP contribution is 2.33. The van der Waals surface area contributed by atoms with E-state index in [4.69, 9.17) is 11.6 Å². The minimum atomic E-state index is -0.151. The van der Waals surface area contributed by atoms with E-state index >= 15 is 0 Å². The standard InChI is InChI=1S/C31H35ClN4O/c1-3-21-18-25(32)14-17-28(21)33-26-15-16-27-29(19-26)35-36-30(27)34-31(37)24-12-10-23(11-13-24)22-7-5-4-6-20(2)8-9-22/h10-20,22,33H,3-9H2,1-2H3,(H2,34,35,36,37). The number of nitrogens with one attached hydrogen (secondary N) is 3. The van der Waals surface area contributed by atoms with Crippen molar-refractivity contribution in [3.05, 3.63) is 82.4 Å². The van der Waals surface area contributed by atoms with Crippen molar-refractivity contribution in [1.29, 1.82) is 0 Å². The van der Waals surface area contributed by atoms with Crippen LogP contribution in [0, 0.1) is 5.92 Å². The maximum atomic E-state index is 13.0. The lowest BCUT2D eigenvalue weighted by Crippen LogP contribution is -2.13.